The van der Waals surface area contributed by atoms with Crippen LogP contribution in [0.15, 0.2) is 30.4 Å². The van der Waals surface area contributed by atoms with Crippen molar-refractivity contribution in [3.05, 3.63) is 40.4 Å². The first-order valence-electron chi connectivity index (χ1n) is 13.0. The van der Waals surface area contributed by atoms with Crippen LogP contribution in [-0.4, -0.2) is 52.5 Å². The van der Waals surface area contributed by atoms with Crippen LogP contribution in [0, 0.1) is 11.8 Å². The molecule has 0 radical (unpaired) electrons. The van der Waals surface area contributed by atoms with Crippen molar-refractivity contribution in [2.24, 2.45) is 11.8 Å². The van der Waals surface area contributed by atoms with Gasteiger partial charge in [0.05, 0.1) is 27.5 Å². The van der Waals surface area contributed by atoms with Crippen LogP contribution in [0.1, 0.15) is 58.8 Å². The Balaban J connectivity index is 1.46. The summed E-state index contributed by atoms with van der Waals surface area (Å²) >= 11 is 12.2. The molecule has 1 saturated carbocycles. The summed E-state index contributed by atoms with van der Waals surface area (Å²) in [4.78, 5) is 42.9. The standard InChI is InChI=1S/C27H33Cl2N3O4/c1-3-4-14-32-22(24(34)30-16-8-6-5-7-9-16)27-13-12-26(2,36-27)20(21(27)25(32)35)23(33)31-17-10-11-18(28)19(29)15-17/h10-13,15-16,20-22H,3-9,14H2,1-2H3,(H,30,34)(H,31,33)/t20-,21+,22+,26+,27+/m1/s1. The average Bonchev–Trinajstić information content (AvgIpc) is 3.41. The van der Waals surface area contributed by atoms with Crippen molar-refractivity contribution in [2.75, 3.05) is 11.9 Å². The third kappa shape index (κ3) is 4.13. The van der Waals surface area contributed by atoms with Crippen LogP contribution in [0.25, 0.3) is 0 Å². The van der Waals surface area contributed by atoms with Crippen LogP contribution in [-0.2, 0) is 19.1 Å². The van der Waals surface area contributed by atoms with Crippen LogP contribution in [0.3, 0.4) is 0 Å². The summed E-state index contributed by atoms with van der Waals surface area (Å²) < 4.78 is 6.55. The van der Waals surface area contributed by atoms with Gasteiger partial charge in [-0.2, -0.15) is 0 Å². The predicted molar refractivity (Wildman–Crippen MR) is 139 cm³/mol. The molecule has 194 valence electrons. The lowest BCUT2D eigenvalue weighted by Crippen LogP contribution is -2.56. The molecular formula is C27H33Cl2N3O4. The highest BCUT2D eigenvalue weighted by Gasteiger charge is 2.76. The van der Waals surface area contributed by atoms with Gasteiger partial charge >= 0.3 is 0 Å². The Labute approximate surface area is 221 Å². The predicted octanol–water partition coefficient (Wildman–Crippen LogP) is 4.72. The quantitative estimate of drug-likeness (QED) is 0.496. The van der Waals surface area contributed by atoms with Crippen molar-refractivity contribution in [3.63, 3.8) is 0 Å². The molecule has 9 heteroatoms. The van der Waals surface area contributed by atoms with Gasteiger partial charge in [-0.3, -0.25) is 14.4 Å². The number of anilines is 1. The van der Waals surface area contributed by atoms with Crippen LogP contribution in [0.5, 0.6) is 0 Å². The van der Waals surface area contributed by atoms with Gasteiger partial charge in [-0.15, -0.1) is 0 Å². The second-order valence-electron chi connectivity index (χ2n) is 10.7. The Morgan fingerprint density at radius 2 is 1.86 bits per heavy atom. The smallest absolute Gasteiger partial charge is 0.246 e. The summed E-state index contributed by atoms with van der Waals surface area (Å²) in [7, 11) is 0. The van der Waals surface area contributed by atoms with Crippen molar-refractivity contribution in [1.29, 1.82) is 0 Å². The van der Waals surface area contributed by atoms with Crippen molar-refractivity contribution >= 4 is 46.6 Å². The third-order valence-electron chi connectivity index (χ3n) is 8.22. The van der Waals surface area contributed by atoms with Gasteiger partial charge in [0.1, 0.15) is 11.6 Å². The topological polar surface area (TPSA) is 87.7 Å². The summed E-state index contributed by atoms with van der Waals surface area (Å²) in [6.07, 6.45) is 10.6. The maximum atomic E-state index is 13.9. The minimum atomic E-state index is -1.17. The molecule has 7 nitrogen and oxygen atoms in total. The van der Waals surface area contributed by atoms with Crippen LogP contribution >= 0.6 is 23.2 Å². The molecule has 3 heterocycles. The molecule has 2 N–H and O–H groups in total. The maximum absolute atomic E-state index is 13.9. The normalized spacial score (nSPS) is 33.2. The van der Waals surface area contributed by atoms with Gasteiger partial charge in [-0.25, -0.2) is 0 Å². The number of likely N-dealkylation sites (tertiary alicyclic amines) is 1. The van der Waals surface area contributed by atoms with Gasteiger partial charge in [-0.05, 0) is 44.4 Å². The fourth-order valence-electron chi connectivity index (χ4n) is 6.52. The number of hydrogen-bond acceptors (Lipinski definition) is 4. The number of rotatable bonds is 7. The number of fused-ring (bicyclic) bond motifs is 1. The largest absolute Gasteiger partial charge is 0.356 e. The van der Waals surface area contributed by atoms with Crippen molar-refractivity contribution < 1.29 is 19.1 Å². The molecule has 5 rings (SSSR count). The molecule has 5 atom stereocenters. The van der Waals surface area contributed by atoms with Gasteiger partial charge in [0, 0.05) is 18.3 Å². The van der Waals surface area contributed by atoms with Crippen molar-refractivity contribution in [3.8, 4) is 0 Å². The Bertz CT molecular complexity index is 1100. The van der Waals surface area contributed by atoms with Crippen molar-refractivity contribution in [1.82, 2.24) is 10.2 Å². The molecule has 2 saturated heterocycles. The lowest BCUT2D eigenvalue weighted by atomic mass is 9.70. The van der Waals surface area contributed by atoms with Crippen LogP contribution in [0.4, 0.5) is 5.69 Å². The minimum absolute atomic E-state index is 0.108. The molecule has 36 heavy (non-hydrogen) atoms. The number of ether oxygens (including phenoxy) is 1. The van der Waals surface area contributed by atoms with Gasteiger partial charge in [0.15, 0.2) is 0 Å². The molecule has 1 aliphatic carbocycles. The Morgan fingerprint density at radius 3 is 2.56 bits per heavy atom. The van der Waals surface area contributed by atoms with E-state index in [-0.39, 0.29) is 23.8 Å². The van der Waals surface area contributed by atoms with E-state index < -0.39 is 29.1 Å². The number of benzene rings is 1. The lowest BCUT2D eigenvalue weighted by Gasteiger charge is -2.34. The minimum Gasteiger partial charge on any atom is -0.356 e. The lowest BCUT2D eigenvalue weighted by molar-refractivity contribution is -0.144. The van der Waals surface area contributed by atoms with E-state index in [1.165, 1.54) is 6.42 Å². The Morgan fingerprint density at radius 1 is 1.11 bits per heavy atom. The molecule has 4 aliphatic rings. The molecule has 0 unspecified atom stereocenters. The summed E-state index contributed by atoms with van der Waals surface area (Å²) in [5, 5.41) is 6.81. The number of halogens is 2. The highest BCUT2D eigenvalue weighted by atomic mass is 35.5. The maximum Gasteiger partial charge on any atom is 0.246 e. The molecule has 3 amide bonds. The first-order valence-corrected chi connectivity index (χ1v) is 13.7. The number of unbranched alkanes of at least 4 members (excludes halogenated alkanes) is 1. The summed E-state index contributed by atoms with van der Waals surface area (Å²) in [5.41, 5.74) is -1.68. The fourth-order valence-corrected chi connectivity index (χ4v) is 6.82. The second kappa shape index (κ2) is 9.66. The van der Waals surface area contributed by atoms with E-state index in [4.69, 9.17) is 27.9 Å². The van der Waals surface area contributed by atoms with E-state index >= 15 is 0 Å². The zero-order valence-corrected chi connectivity index (χ0v) is 22.2. The van der Waals surface area contributed by atoms with E-state index in [1.807, 2.05) is 26.0 Å². The van der Waals surface area contributed by atoms with Crippen LogP contribution in [0.2, 0.25) is 10.0 Å². The fraction of sp³-hybridized carbons (Fsp3) is 0.593. The van der Waals surface area contributed by atoms with Crippen LogP contribution < -0.4 is 10.6 Å². The molecule has 3 fully saturated rings. The summed E-state index contributed by atoms with van der Waals surface area (Å²) in [6.45, 7) is 4.31. The molecule has 2 bridgehead atoms. The average molecular weight is 534 g/mol. The third-order valence-corrected chi connectivity index (χ3v) is 8.96. The van der Waals surface area contributed by atoms with E-state index in [0.717, 1.165) is 38.5 Å². The molecule has 1 aromatic carbocycles. The number of carbonyl (C=O) groups excluding carboxylic acids is 3. The van der Waals surface area contributed by atoms with Gasteiger partial charge < -0.3 is 20.3 Å². The van der Waals surface area contributed by atoms with Gasteiger partial charge in [-0.1, -0.05) is 68.0 Å². The highest BCUT2D eigenvalue weighted by molar-refractivity contribution is 6.42. The number of hydrogen-bond donors (Lipinski definition) is 2. The van der Waals surface area contributed by atoms with Crippen molar-refractivity contribution in [2.45, 2.75) is 82.1 Å². The number of carbonyl (C=O) groups is 3. The first-order chi connectivity index (χ1) is 17.2. The molecule has 1 spiro atoms. The molecular weight excluding hydrogens is 501 g/mol. The number of nitrogens with zero attached hydrogens (tertiary/aromatic N) is 1. The van der Waals surface area contributed by atoms with E-state index in [0.29, 0.717) is 22.3 Å². The molecule has 1 aromatic rings. The first kappa shape index (κ1) is 25.6. The van der Waals surface area contributed by atoms with Gasteiger partial charge in [0.2, 0.25) is 17.7 Å². The van der Waals surface area contributed by atoms with E-state index in [9.17, 15) is 14.4 Å². The zero-order chi connectivity index (χ0) is 25.7. The summed E-state index contributed by atoms with van der Waals surface area (Å²) in [5.74, 6) is -2.30. The Kier molecular flexibility index (Phi) is 6.85. The number of nitrogens with one attached hydrogen (secondary N) is 2. The zero-order valence-electron chi connectivity index (χ0n) is 20.7. The molecule has 3 aliphatic heterocycles. The Hall–Kier alpha value is -2.09. The highest BCUT2D eigenvalue weighted by Crippen LogP contribution is 2.59. The monoisotopic (exact) mass is 533 g/mol. The van der Waals surface area contributed by atoms with E-state index in [2.05, 4.69) is 10.6 Å². The number of amides is 3. The molecule has 0 aromatic heterocycles. The van der Waals surface area contributed by atoms with Gasteiger partial charge in [0.25, 0.3) is 0 Å². The summed E-state index contributed by atoms with van der Waals surface area (Å²) in [6, 6.07) is 4.16. The second-order valence-corrected chi connectivity index (χ2v) is 11.5. The SMILES string of the molecule is CCCCN1C(=O)[C@@H]2[C@H](C(=O)Nc3ccc(Cl)c(Cl)c3)[C@]3(C)C=C[C@@]2(O3)[C@@H]1C(=O)NC1CCCCC1. The van der Waals surface area contributed by atoms with E-state index in [1.54, 1.807) is 23.1 Å².